The molecule has 1 aliphatic heterocycles. The summed E-state index contributed by atoms with van der Waals surface area (Å²) in [5.74, 6) is -2.44. The van der Waals surface area contributed by atoms with Gasteiger partial charge in [0.1, 0.15) is 24.9 Å². The van der Waals surface area contributed by atoms with Crippen LogP contribution < -0.4 is 0 Å². The van der Waals surface area contributed by atoms with Gasteiger partial charge in [0.15, 0.2) is 18.5 Å². The normalized spacial score (nSPS) is 21.6. The molecule has 0 amide bonds. The van der Waals surface area contributed by atoms with Crippen molar-refractivity contribution in [3.8, 4) is 0 Å². The maximum atomic E-state index is 12.6. The van der Waals surface area contributed by atoms with Crippen molar-refractivity contribution < 1.29 is 53.8 Å². The van der Waals surface area contributed by atoms with E-state index >= 15 is 0 Å². The number of carboxylic acids is 1. The number of carbonyl (C=O) groups is 3. The quantitative estimate of drug-likeness (QED) is 0.0449. The molecule has 11 nitrogen and oxygen atoms in total. The highest BCUT2D eigenvalue weighted by Gasteiger charge is 2.47. The maximum Gasteiger partial charge on any atom is 0.335 e. The zero-order valence-corrected chi connectivity index (χ0v) is 30.0. The first kappa shape index (κ1) is 44.2. The van der Waals surface area contributed by atoms with Crippen molar-refractivity contribution in [2.75, 3.05) is 13.2 Å². The molecule has 0 bridgehead atoms. The molecule has 1 saturated heterocycles. The van der Waals surface area contributed by atoms with Gasteiger partial charge in [-0.3, -0.25) is 9.59 Å². The van der Waals surface area contributed by atoms with Crippen molar-refractivity contribution in [1.82, 2.24) is 0 Å². The Bertz CT molecular complexity index is 823. The molecule has 6 atom stereocenters. The molecule has 1 heterocycles. The monoisotopic (exact) mass is 688 g/mol. The van der Waals surface area contributed by atoms with Crippen LogP contribution in [0.15, 0.2) is 0 Å². The Hall–Kier alpha value is -1.79. The Kier molecular flexibility index (Phi) is 26.7. The lowest BCUT2D eigenvalue weighted by molar-refractivity contribution is -0.298. The first-order valence-electron chi connectivity index (χ1n) is 19.1. The summed E-state index contributed by atoms with van der Waals surface area (Å²) in [6, 6.07) is 0. The second kappa shape index (κ2) is 29.0. The minimum Gasteiger partial charge on any atom is -0.479 e. The fraction of sp³-hybridized carbons (Fsp3) is 0.919. The van der Waals surface area contributed by atoms with Crippen LogP contribution >= 0.6 is 0 Å². The Morgan fingerprint density at radius 3 is 1.42 bits per heavy atom. The van der Waals surface area contributed by atoms with Crippen molar-refractivity contribution in [3.05, 3.63) is 0 Å². The van der Waals surface area contributed by atoms with Gasteiger partial charge in [0, 0.05) is 12.8 Å². The summed E-state index contributed by atoms with van der Waals surface area (Å²) >= 11 is 0. The molecule has 0 aliphatic carbocycles. The lowest BCUT2D eigenvalue weighted by atomic mass is 9.99. The predicted molar refractivity (Wildman–Crippen MR) is 183 cm³/mol. The zero-order valence-electron chi connectivity index (χ0n) is 30.0. The van der Waals surface area contributed by atoms with Crippen LogP contribution in [0.25, 0.3) is 0 Å². The molecule has 4 N–H and O–H groups in total. The second-order valence-electron chi connectivity index (χ2n) is 13.4. The molecular formula is C37H68O11. The average Bonchev–Trinajstić information content (AvgIpc) is 3.06. The lowest BCUT2D eigenvalue weighted by Crippen LogP contribution is -2.60. The number of ether oxygens (including phenoxy) is 4. The van der Waals surface area contributed by atoms with E-state index in [4.69, 9.17) is 18.9 Å². The molecule has 48 heavy (non-hydrogen) atoms. The molecule has 11 heteroatoms. The minimum absolute atomic E-state index is 0.188. The Morgan fingerprint density at radius 1 is 0.562 bits per heavy atom. The van der Waals surface area contributed by atoms with Gasteiger partial charge in [0.2, 0.25) is 0 Å². The van der Waals surface area contributed by atoms with E-state index in [1.807, 2.05) is 0 Å². The van der Waals surface area contributed by atoms with Crippen molar-refractivity contribution in [3.63, 3.8) is 0 Å². The highest BCUT2D eigenvalue weighted by Crippen LogP contribution is 2.23. The first-order chi connectivity index (χ1) is 23.2. The number of hydrogen-bond acceptors (Lipinski definition) is 10. The summed E-state index contributed by atoms with van der Waals surface area (Å²) in [7, 11) is 0. The van der Waals surface area contributed by atoms with E-state index in [1.54, 1.807) is 0 Å². The highest BCUT2D eigenvalue weighted by molar-refractivity contribution is 5.73. The minimum atomic E-state index is -1.85. The topological polar surface area (TPSA) is 169 Å². The molecular weight excluding hydrogens is 620 g/mol. The molecule has 1 fully saturated rings. The number of aliphatic hydroxyl groups excluding tert-OH is 3. The molecule has 0 aromatic carbocycles. The third-order valence-electron chi connectivity index (χ3n) is 8.96. The molecule has 0 aromatic rings. The molecule has 282 valence electrons. The molecule has 6 unspecified atom stereocenters. The number of carbonyl (C=O) groups excluding carboxylic acids is 2. The van der Waals surface area contributed by atoms with Crippen LogP contribution in [0.3, 0.4) is 0 Å². The van der Waals surface area contributed by atoms with Crippen LogP contribution in [0.2, 0.25) is 0 Å². The molecule has 0 radical (unpaired) electrons. The van der Waals surface area contributed by atoms with E-state index in [0.717, 1.165) is 38.5 Å². The van der Waals surface area contributed by atoms with Crippen LogP contribution in [0, 0.1) is 0 Å². The smallest absolute Gasteiger partial charge is 0.335 e. The van der Waals surface area contributed by atoms with Crippen LogP contribution in [0.5, 0.6) is 0 Å². The van der Waals surface area contributed by atoms with E-state index in [9.17, 15) is 34.8 Å². The van der Waals surface area contributed by atoms with Crippen molar-refractivity contribution in [2.45, 2.75) is 205 Å². The van der Waals surface area contributed by atoms with Gasteiger partial charge in [-0.05, 0) is 12.8 Å². The number of esters is 2. The second-order valence-corrected chi connectivity index (χ2v) is 13.4. The van der Waals surface area contributed by atoms with Gasteiger partial charge in [0.25, 0.3) is 0 Å². The fourth-order valence-electron chi connectivity index (χ4n) is 5.88. The summed E-state index contributed by atoms with van der Waals surface area (Å²) < 4.78 is 21.6. The van der Waals surface area contributed by atoms with Gasteiger partial charge in [0.05, 0.1) is 6.61 Å². The highest BCUT2D eigenvalue weighted by atomic mass is 16.7. The first-order valence-corrected chi connectivity index (χ1v) is 19.1. The maximum absolute atomic E-state index is 12.6. The summed E-state index contributed by atoms with van der Waals surface area (Å²) in [5.41, 5.74) is 0. The zero-order chi connectivity index (χ0) is 35.4. The van der Waals surface area contributed by atoms with Crippen LogP contribution in [-0.4, -0.2) is 88.4 Å². The number of aliphatic carboxylic acids is 1. The fourth-order valence-corrected chi connectivity index (χ4v) is 5.88. The standard InChI is InChI=1S/C37H68O11/c1-3-5-7-9-11-13-14-15-16-18-19-21-23-25-30(38)45-27-29(47-31(39)26-24-22-20-17-12-10-8-6-4-2)28-46-37-34(42)32(40)33(41)35(48-37)36(43)44/h29,32-35,37,40-42H,3-28H2,1-2H3,(H,43,44). The predicted octanol–water partition coefficient (Wildman–Crippen LogP) is 6.75. The number of rotatable bonds is 31. The van der Waals surface area contributed by atoms with E-state index in [-0.39, 0.29) is 26.1 Å². The van der Waals surface area contributed by atoms with Crippen molar-refractivity contribution >= 4 is 17.9 Å². The number of aliphatic hydroxyl groups is 3. The molecule has 1 rings (SSSR count). The third kappa shape index (κ3) is 21.3. The number of unbranched alkanes of at least 4 members (excludes halogenated alkanes) is 20. The summed E-state index contributed by atoms with van der Waals surface area (Å²) in [6.45, 7) is 3.77. The van der Waals surface area contributed by atoms with Gasteiger partial charge < -0.3 is 39.4 Å². The average molecular weight is 689 g/mol. The summed E-state index contributed by atoms with van der Waals surface area (Å²) in [6.07, 6.45) is 16.0. The summed E-state index contributed by atoms with van der Waals surface area (Å²) in [4.78, 5) is 36.5. The largest absolute Gasteiger partial charge is 0.479 e. The van der Waals surface area contributed by atoms with Crippen LogP contribution in [-0.2, 0) is 33.3 Å². The third-order valence-corrected chi connectivity index (χ3v) is 8.96. The van der Waals surface area contributed by atoms with Gasteiger partial charge in [-0.25, -0.2) is 4.79 Å². The lowest BCUT2D eigenvalue weighted by Gasteiger charge is -2.38. The van der Waals surface area contributed by atoms with Crippen LogP contribution in [0.1, 0.15) is 168 Å². The van der Waals surface area contributed by atoms with Gasteiger partial charge in [-0.15, -0.1) is 0 Å². The van der Waals surface area contributed by atoms with Crippen molar-refractivity contribution in [2.24, 2.45) is 0 Å². The Balaban J connectivity index is 2.43. The molecule has 0 aromatic heterocycles. The SMILES string of the molecule is CCCCCCCCCCCCCCCC(=O)OCC(COC1OC(C(=O)O)C(O)C(O)C1O)OC(=O)CCCCCCCCCCC. The van der Waals surface area contributed by atoms with Gasteiger partial charge in [-0.2, -0.15) is 0 Å². The molecule has 1 aliphatic rings. The summed E-state index contributed by atoms with van der Waals surface area (Å²) in [5, 5.41) is 39.6. The van der Waals surface area contributed by atoms with E-state index in [2.05, 4.69) is 13.8 Å². The van der Waals surface area contributed by atoms with Gasteiger partial charge >= 0.3 is 17.9 Å². The van der Waals surface area contributed by atoms with Gasteiger partial charge in [-0.1, -0.05) is 142 Å². The van der Waals surface area contributed by atoms with E-state index in [1.165, 1.54) is 89.9 Å². The van der Waals surface area contributed by atoms with Crippen LogP contribution in [0.4, 0.5) is 0 Å². The molecule has 0 spiro atoms. The van der Waals surface area contributed by atoms with Crippen molar-refractivity contribution in [1.29, 1.82) is 0 Å². The Morgan fingerprint density at radius 2 is 0.979 bits per heavy atom. The Labute approximate surface area is 289 Å². The van der Waals surface area contributed by atoms with E-state index in [0.29, 0.717) is 12.8 Å². The van der Waals surface area contributed by atoms with E-state index < -0.39 is 54.7 Å². The number of hydrogen-bond donors (Lipinski definition) is 4. The molecule has 0 saturated carbocycles. The number of carboxylic acid groups (broad SMARTS) is 1.